The van der Waals surface area contributed by atoms with Gasteiger partial charge in [0.05, 0.1) is 29.9 Å². The van der Waals surface area contributed by atoms with Crippen LogP contribution in [0.2, 0.25) is 0 Å². The van der Waals surface area contributed by atoms with Gasteiger partial charge in [-0.25, -0.2) is 0 Å². The number of aromatic nitrogens is 2. The van der Waals surface area contributed by atoms with Gasteiger partial charge in [-0.2, -0.15) is 0 Å². The summed E-state index contributed by atoms with van der Waals surface area (Å²) in [5.74, 6) is 1.28. The number of likely N-dealkylation sites (tertiary alicyclic amines) is 1. The van der Waals surface area contributed by atoms with Crippen molar-refractivity contribution in [3.05, 3.63) is 77.3 Å². The third kappa shape index (κ3) is 2.85. The predicted molar refractivity (Wildman–Crippen MR) is 105 cm³/mol. The molecule has 0 aliphatic carbocycles. The molecule has 0 bridgehead atoms. The molecule has 3 aromatic heterocycles. The van der Waals surface area contributed by atoms with E-state index in [1.807, 2.05) is 64.7 Å². The van der Waals surface area contributed by atoms with Crippen molar-refractivity contribution in [2.75, 3.05) is 13.1 Å². The Bertz CT molecular complexity index is 1080. The van der Waals surface area contributed by atoms with E-state index in [0.29, 0.717) is 36.7 Å². The highest BCUT2D eigenvalue weighted by Crippen LogP contribution is 2.35. The maximum absolute atomic E-state index is 13.2. The van der Waals surface area contributed by atoms with Crippen LogP contribution in [-0.2, 0) is 6.54 Å². The summed E-state index contributed by atoms with van der Waals surface area (Å²) in [4.78, 5) is 34.4. The standard InChI is InChI=1S/C22H22N4O3/c1-14-10-17(15(2)29-14)21(27)24-12-19-20(13-24)26(11-16-6-3-4-8-23-16)22(28)18-7-5-9-25(18)19/h3-10,19-20H,11-13H2,1-2H3/t19-,20-/m1/s1. The van der Waals surface area contributed by atoms with E-state index < -0.39 is 0 Å². The van der Waals surface area contributed by atoms with E-state index in [1.165, 1.54) is 0 Å². The van der Waals surface area contributed by atoms with Gasteiger partial charge in [-0.05, 0) is 44.2 Å². The molecule has 0 aromatic carbocycles. The van der Waals surface area contributed by atoms with Gasteiger partial charge in [0.2, 0.25) is 0 Å². The van der Waals surface area contributed by atoms with Crippen molar-refractivity contribution in [2.24, 2.45) is 0 Å². The summed E-state index contributed by atoms with van der Waals surface area (Å²) in [7, 11) is 0. The lowest BCUT2D eigenvalue weighted by Crippen LogP contribution is -2.50. The van der Waals surface area contributed by atoms with Gasteiger partial charge in [-0.15, -0.1) is 0 Å². The second-order valence-corrected chi connectivity index (χ2v) is 7.73. The Morgan fingerprint density at radius 1 is 1.17 bits per heavy atom. The molecule has 0 N–H and O–H groups in total. The van der Waals surface area contributed by atoms with Gasteiger partial charge >= 0.3 is 0 Å². The first kappa shape index (κ1) is 17.7. The lowest BCUT2D eigenvalue weighted by molar-refractivity contribution is 0.0547. The molecule has 148 valence electrons. The zero-order chi connectivity index (χ0) is 20.1. The lowest BCUT2D eigenvalue weighted by Gasteiger charge is -2.37. The largest absolute Gasteiger partial charge is 0.466 e. The first-order valence-electron chi connectivity index (χ1n) is 9.77. The van der Waals surface area contributed by atoms with Gasteiger partial charge in [-0.1, -0.05) is 6.07 Å². The van der Waals surface area contributed by atoms with Gasteiger partial charge in [0.15, 0.2) is 0 Å². The summed E-state index contributed by atoms with van der Waals surface area (Å²) in [5.41, 5.74) is 2.09. The topological polar surface area (TPSA) is 71.6 Å². The SMILES string of the molecule is Cc1cc(C(=O)N2C[C@@H]3[C@@H](C2)n2cccc2C(=O)N3Cc2ccccn2)c(C)o1. The highest BCUT2D eigenvalue weighted by Gasteiger charge is 2.46. The van der Waals surface area contributed by atoms with Crippen LogP contribution in [0.15, 0.2) is 53.2 Å². The zero-order valence-corrected chi connectivity index (χ0v) is 16.4. The molecular formula is C22H22N4O3. The second-order valence-electron chi connectivity index (χ2n) is 7.73. The lowest BCUT2D eigenvalue weighted by atomic mass is 10.1. The maximum Gasteiger partial charge on any atom is 0.271 e. The minimum Gasteiger partial charge on any atom is -0.466 e. The molecule has 29 heavy (non-hydrogen) atoms. The fraction of sp³-hybridized carbons (Fsp3) is 0.318. The molecule has 2 aliphatic rings. The number of hydrogen-bond donors (Lipinski definition) is 0. The second kappa shape index (κ2) is 6.62. The maximum atomic E-state index is 13.2. The molecule has 2 aliphatic heterocycles. The van der Waals surface area contributed by atoms with Crippen molar-refractivity contribution in [2.45, 2.75) is 32.5 Å². The fourth-order valence-electron chi connectivity index (χ4n) is 4.55. The van der Waals surface area contributed by atoms with Crippen LogP contribution < -0.4 is 0 Å². The fourth-order valence-corrected chi connectivity index (χ4v) is 4.55. The number of aryl methyl sites for hydroxylation is 2. The van der Waals surface area contributed by atoms with Gasteiger partial charge in [0.25, 0.3) is 11.8 Å². The van der Waals surface area contributed by atoms with Crippen molar-refractivity contribution in [3.63, 3.8) is 0 Å². The number of amides is 2. The Balaban J connectivity index is 1.48. The smallest absolute Gasteiger partial charge is 0.271 e. The summed E-state index contributed by atoms with van der Waals surface area (Å²) >= 11 is 0. The summed E-state index contributed by atoms with van der Waals surface area (Å²) in [5, 5.41) is 0. The van der Waals surface area contributed by atoms with Crippen LogP contribution in [0, 0.1) is 13.8 Å². The number of carbonyl (C=O) groups is 2. The molecule has 0 spiro atoms. The number of rotatable bonds is 3. The summed E-state index contributed by atoms with van der Waals surface area (Å²) in [6, 6.07) is 11.2. The van der Waals surface area contributed by atoms with Crippen LogP contribution in [0.25, 0.3) is 0 Å². The summed E-state index contributed by atoms with van der Waals surface area (Å²) < 4.78 is 7.57. The highest BCUT2D eigenvalue weighted by atomic mass is 16.3. The van der Waals surface area contributed by atoms with Crippen molar-refractivity contribution in [3.8, 4) is 0 Å². The third-order valence-electron chi connectivity index (χ3n) is 5.89. The molecule has 7 heteroatoms. The number of nitrogens with zero attached hydrogens (tertiary/aromatic N) is 4. The van der Waals surface area contributed by atoms with Crippen LogP contribution in [-0.4, -0.2) is 50.3 Å². The highest BCUT2D eigenvalue weighted by molar-refractivity contribution is 5.96. The number of furan rings is 1. The van der Waals surface area contributed by atoms with Crippen molar-refractivity contribution in [1.82, 2.24) is 19.4 Å². The quantitative estimate of drug-likeness (QED) is 0.689. The van der Waals surface area contributed by atoms with Crippen LogP contribution >= 0.6 is 0 Å². The molecule has 0 radical (unpaired) electrons. The first-order chi connectivity index (χ1) is 14.0. The average Bonchev–Trinajstić information content (AvgIpc) is 3.43. The number of pyridine rings is 1. The molecule has 2 amide bonds. The third-order valence-corrected chi connectivity index (χ3v) is 5.89. The van der Waals surface area contributed by atoms with Crippen LogP contribution in [0.3, 0.4) is 0 Å². The van der Waals surface area contributed by atoms with Gasteiger partial charge in [-0.3, -0.25) is 14.6 Å². The molecule has 7 nitrogen and oxygen atoms in total. The minimum absolute atomic E-state index is 0.0217. The van der Waals surface area contributed by atoms with Gasteiger partial charge in [0, 0.05) is 25.5 Å². The number of carbonyl (C=O) groups excluding carboxylic acids is 2. The minimum atomic E-state index is -0.0957. The Labute approximate surface area is 168 Å². The normalized spacial score (nSPS) is 20.7. The monoisotopic (exact) mass is 390 g/mol. The first-order valence-corrected chi connectivity index (χ1v) is 9.77. The van der Waals surface area contributed by atoms with E-state index in [0.717, 1.165) is 11.5 Å². The van der Waals surface area contributed by atoms with E-state index in [2.05, 4.69) is 4.98 Å². The average molecular weight is 390 g/mol. The van der Waals surface area contributed by atoms with Crippen LogP contribution in [0.5, 0.6) is 0 Å². The Hall–Kier alpha value is -3.35. The summed E-state index contributed by atoms with van der Waals surface area (Å²) in [6.45, 7) is 5.12. The van der Waals surface area contributed by atoms with Crippen LogP contribution in [0.4, 0.5) is 0 Å². The predicted octanol–water partition coefficient (Wildman–Crippen LogP) is 2.81. The van der Waals surface area contributed by atoms with Crippen molar-refractivity contribution < 1.29 is 14.0 Å². The Morgan fingerprint density at radius 2 is 2.00 bits per heavy atom. The van der Waals surface area contributed by atoms with Crippen molar-refractivity contribution in [1.29, 1.82) is 0 Å². The molecular weight excluding hydrogens is 368 g/mol. The van der Waals surface area contributed by atoms with E-state index in [9.17, 15) is 9.59 Å². The Kier molecular flexibility index (Phi) is 4.04. The number of hydrogen-bond acceptors (Lipinski definition) is 4. The van der Waals surface area contributed by atoms with E-state index in [4.69, 9.17) is 4.42 Å². The molecule has 0 unspecified atom stereocenters. The molecule has 5 rings (SSSR count). The molecule has 1 saturated heterocycles. The molecule has 5 heterocycles. The van der Waals surface area contributed by atoms with E-state index in [1.54, 1.807) is 12.3 Å². The molecule has 1 fully saturated rings. The molecule has 2 atom stereocenters. The van der Waals surface area contributed by atoms with Crippen molar-refractivity contribution >= 4 is 11.8 Å². The summed E-state index contributed by atoms with van der Waals surface area (Å²) in [6.07, 6.45) is 3.67. The van der Waals surface area contributed by atoms with E-state index in [-0.39, 0.29) is 23.9 Å². The van der Waals surface area contributed by atoms with Gasteiger partial charge < -0.3 is 18.8 Å². The Morgan fingerprint density at radius 3 is 2.72 bits per heavy atom. The molecule has 0 saturated carbocycles. The van der Waals surface area contributed by atoms with E-state index >= 15 is 0 Å². The number of fused-ring (bicyclic) bond motifs is 3. The molecule has 3 aromatic rings. The zero-order valence-electron chi connectivity index (χ0n) is 16.4. The van der Waals surface area contributed by atoms with Crippen LogP contribution in [0.1, 0.15) is 44.1 Å². The van der Waals surface area contributed by atoms with Gasteiger partial charge in [0.1, 0.15) is 17.2 Å².